The molecule has 0 unspecified atom stereocenters. The third-order valence-electron chi connectivity index (χ3n) is 3.23. The van der Waals surface area contributed by atoms with Gasteiger partial charge in [-0.2, -0.15) is 5.26 Å². The van der Waals surface area contributed by atoms with Gasteiger partial charge >= 0.3 is 0 Å². The Kier molecular flexibility index (Phi) is 6.13. The first-order chi connectivity index (χ1) is 10.6. The summed E-state index contributed by atoms with van der Waals surface area (Å²) >= 11 is 4.77. The van der Waals surface area contributed by atoms with Gasteiger partial charge in [0, 0.05) is 10.5 Å². The molecule has 114 valence electrons. The van der Waals surface area contributed by atoms with Crippen LogP contribution in [0.1, 0.15) is 30.5 Å². The number of anilines is 1. The van der Waals surface area contributed by atoms with Crippen molar-refractivity contribution in [2.24, 2.45) is 0 Å². The number of carbonyl (C=O) groups is 1. The normalized spacial score (nSPS) is 11.7. The Morgan fingerprint density at radius 2 is 2.09 bits per heavy atom. The minimum absolute atomic E-state index is 0.123. The van der Waals surface area contributed by atoms with Crippen molar-refractivity contribution in [3.63, 3.8) is 0 Å². The molecule has 0 saturated heterocycles. The van der Waals surface area contributed by atoms with E-state index in [1.54, 1.807) is 11.4 Å². The topological polar surface area (TPSA) is 64.9 Å². The number of hydrogen-bond donors (Lipinski definition) is 2. The molecule has 0 bridgehead atoms. The van der Waals surface area contributed by atoms with Crippen molar-refractivity contribution in [2.75, 3.05) is 11.9 Å². The Morgan fingerprint density at radius 1 is 1.36 bits per heavy atom. The summed E-state index contributed by atoms with van der Waals surface area (Å²) in [5.74, 6) is -0.144. The van der Waals surface area contributed by atoms with E-state index in [-0.39, 0.29) is 18.5 Å². The fraction of sp³-hybridized carbons (Fsp3) is 0.250. The number of halogens is 1. The Bertz CT molecular complexity index is 675. The number of hydrogen-bond acceptors (Lipinski definition) is 4. The van der Waals surface area contributed by atoms with E-state index in [1.165, 1.54) is 11.3 Å². The van der Waals surface area contributed by atoms with Crippen LogP contribution in [0.3, 0.4) is 0 Å². The largest absolute Gasteiger partial charge is 0.315 e. The standard InChI is InChI=1S/C16H16BrN3OS/c1-2-14(11-3-5-13(17)6-4-11)19-10-15(21)20-16-12(9-18)7-8-22-16/h3-8,14,19H,2,10H2,1H3,(H,20,21)/t14-/m0/s1. The molecule has 0 radical (unpaired) electrons. The predicted octanol–water partition coefficient (Wildman–Crippen LogP) is 4.06. The maximum Gasteiger partial charge on any atom is 0.238 e. The summed E-state index contributed by atoms with van der Waals surface area (Å²) in [4.78, 5) is 12.0. The van der Waals surface area contributed by atoms with Crippen LogP contribution >= 0.6 is 27.3 Å². The minimum Gasteiger partial charge on any atom is -0.315 e. The van der Waals surface area contributed by atoms with Gasteiger partial charge in [0.05, 0.1) is 12.1 Å². The smallest absolute Gasteiger partial charge is 0.238 e. The van der Waals surface area contributed by atoms with Crippen LogP contribution in [-0.2, 0) is 4.79 Å². The van der Waals surface area contributed by atoms with Crippen LogP contribution < -0.4 is 10.6 Å². The van der Waals surface area contributed by atoms with Crippen LogP contribution in [0.5, 0.6) is 0 Å². The Balaban J connectivity index is 1.92. The van der Waals surface area contributed by atoms with Crippen molar-refractivity contribution in [3.8, 4) is 6.07 Å². The summed E-state index contributed by atoms with van der Waals surface area (Å²) in [6, 6.07) is 11.9. The first-order valence-electron chi connectivity index (χ1n) is 6.90. The van der Waals surface area contributed by atoms with Crippen molar-refractivity contribution >= 4 is 38.2 Å². The molecule has 22 heavy (non-hydrogen) atoms. The number of carbonyl (C=O) groups excluding carboxylic acids is 1. The van der Waals surface area contributed by atoms with Gasteiger partial charge in [0.15, 0.2) is 0 Å². The first-order valence-corrected chi connectivity index (χ1v) is 8.57. The maximum atomic E-state index is 12.0. The third kappa shape index (κ3) is 4.41. The lowest BCUT2D eigenvalue weighted by molar-refractivity contribution is -0.115. The molecule has 1 atom stereocenters. The molecule has 4 nitrogen and oxygen atoms in total. The Morgan fingerprint density at radius 3 is 2.73 bits per heavy atom. The van der Waals surface area contributed by atoms with E-state index < -0.39 is 0 Å². The molecular weight excluding hydrogens is 362 g/mol. The first kappa shape index (κ1) is 16.7. The van der Waals surface area contributed by atoms with Gasteiger partial charge in [-0.25, -0.2) is 0 Å². The Labute approximate surface area is 142 Å². The van der Waals surface area contributed by atoms with Crippen LogP contribution in [0.2, 0.25) is 0 Å². The molecular formula is C16H16BrN3OS. The lowest BCUT2D eigenvalue weighted by Gasteiger charge is -2.17. The molecule has 1 heterocycles. The van der Waals surface area contributed by atoms with E-state index in [4.69, 9.17) is 5.26 Å². The van der Waals surface area contributed by atoms with Crippen molar-refractivity contribution in [3.05, 3.63) is 51.3 Å². The van der Waals surface area contributed by atoms with Gasteiger partial charge in [-0.15, -0.1) is 11.3 Å². The Hall–Kier alpha value is -1.68. The minimum atomic E-state index is -0.144. The highest BCUT2D eigenvalue weighted by Crippen LogP contribution is 2.22. The second kappa shape index (κ2) is 8.08. The molecule has 1 amide bonds. The number of nitrogens with zero attached hydrogens (tertiary/aromatic N) is 1. The summed E-state index contributed by atoms with van der Waals surface area (Å²) in [6.07, 6.45) is 0.886. The van der Waals surface area contributed by atoms with Gasteiger partial charge in [-0.05, 0) is 35.6 Å². The number of nitrogens with one attached hydrogen (secondary N) is 2. The van der Waals surface area contributed by atoms with E-state index >= 15 is 0 Å². The van der Waals surface area contributed by atoms with Crippen molar-refractivity contribution in [1.82, 2.24) is 5.32 Å². The fourth-order valence-electron chi connectivity index (χ4n) is 2.07. The molecule has 0 spiro atoms. The molecule has 2 rings (SSSR count). The second-order valence-electron chi connectivity index (χ2n) is 4.72. The molecule has 0 aliphatic heterocycles. The summed E-state index contributed by atoms with van der Waals surface area (Å²) in [5, 5.41) is 17.3. The highest BCUT2D eigenvalue weighted by atomic mass is 79.9. The molecule has 1 aromatic carbocycles. The number of amides is 1. The van der Waals surface area contributed by atoms with Crippen LogP contribution in [0, 0.1) is 11.3 Å². The van der Waals surface area contributed by atoms with Gasteiger partial charge in [0.25, 0.3) is 0 Å². The average Bonchev–Trinajstić information content (AvgIpc) is 2.96. The van der Waals surface area contributed by atoms with Crippen LogP contribution in [0.15, 0.2) is 40.2 Å². The van der Waals surface area contributed by atoms with Crippen molar-refractivity contribution in [1.29, 1.82) is 5.26 Å². The average molecular weight is 378 g/mol. The molecule has 0 aliphatic rings. The lowest BCUT2D eigenvalue weighted by atomic mass is 10.0. The van der Waals surface area contributed by atoms with Gasteiger partial charge < -0.3 is 10.6 Å². The number of rotatable bonds is 6. The van der Waals surface area contributed by atoms with Crippen LogP contribution in [0.25, 0.3) is 0 Å². The highest BCUT2D eigenvalue weighted by Gasteiger charge is 2.12. The van der Waals surface area contributed by atoms with E-state index in [2.05, 4.69) is 39.6 Å². The molecule has 0 fully saturated rings. The zero-order valence-electron chi connectivity index (χ0n) is 12.1. The molecule has 2 N–H and O–H groups in total. The van der Waals surface area contributed by atoms with E-state index in [1.807, 2.05) is 24.3 Å². The summed E-state index contributed by atoms with van der Waals surface area (Å²) in [5.41, 5.74) is 1.64. The maximum absolute atomic E-state index is 12.0. The summed E-state index contributed by atoms with van der Waals surface area (Å²) in [7, 11) is 0. The van der Waals surface area contributed by atoms with E-state index in [0.29, 0.717) is 10.6 Å². The molecule has 0 saturated carbocycles. The quantitative estimate of drug-likeness (QED) is 0.797. The van der Waals surface area contributed by atoms with E-state index in [0.717, 1.165) is 16.5 Å². The number of nitriles is 1. The van der Waals surface area contributed by atoms with E-state index in [9.17, 15) is 4.79 Å². The van der Waals surface area contributed by atoms with Crippen LogP contribution in [0.4, 0.5) is 5.00 Å². The molecule has 6 heteroatoms. The van der Waals surface area contributed by atoms with Gasteiger partial charge in [-0.1, -0.05) is 35.0 Å². The molecule has 1 aromatic heterocycles. The highest BCUT2D eigenvalue weighted by molar-refractivity contribution is 9.10. The monoisotopic (exact) mass is 377 g/mol. The summed E-state index contributed by atoms with van der Waals surface area (Å²) < 4.78 is 1.03. The summed E-state index contributed by atoms with van der Waals surface area (Å²) in [6.45, 7) is 2.28. The van der Waals surface area contributed by atoms with Crippen LogP contribution in [-0.4, -0.2) is 12.5 Å². The van der Waals surface area contributed by atoms with Crippen molar-refractivity contribution < 1.29 is 4.79 Å². The number of thiophene rings is 1. The number of benzene rings is 1. The zero-order valence-corrected chi connectivity index (χ0v) is 14.5. The van der Waals surface area contributed by atoms with Crippen molar-refractivity contribution in [2.45, 2.75) is 19.4 Å². The van der Waals surface area contributed by atoms with Gasteiger partial charge in [0.1, 0.15) is 11.1 Å². The molecule has 2 aromatic rings. The SMILES string of the molecule is CC[C@H](NCC(=O)Nc1sccc1C#N)c1ccc(Br)cc1. The van der Waals surface area contributed by atoms with Gasteiger partial charge in [0.2, 0.25) is 5.91 Å². The predicted molar refractivity (Wildman–Crippen MR) is 92.8 cm³/mol. The fourth-order valence-corrected chi connectivity index (χ4v) is 3.09. The second-order valence-corrected chi connectivity index (χ2v) is 6.55. The zero-order chi connectivity index (χ0) is 15.9. The third-order valence-corrected chi connectivity index (χ3v) is 4.59. The lowest BCUT2D eigenvalue weighted by Crippen LogP contribution is -2.31. The van der Waals surface area contributed by atoms with Gasteiger partial charge in [-0.3, -0.25) is 4.79 Å². The molecule has 0 aliphatic carbocycles.